The van der Waals surface area contributed by atoms with Crippen LogP contribution in [0.4, 0.5) is 0 Å². The predicted octanol–water partition coefficient (Wildman–Crippen LogP) is 22.9. The fourth-order valence-electron chi connectivity index (χ4n) is 8.69. The molecule has 0 radical (unpaired) electrons. The average Bonchev–Trinajstić information content (AvgIpc) is 3.47. The molecule has 0 bridgehead atoms. The van der Waals surface area contributed by atoms with Gasteiger partial charge in [-0.15, -0.1) is 0 Å². The number of unbranched alkanes of at least 4 members (excludes halogenated alkanes) is 21. The normalized spacial score (nSPS) is 13.2. The maximum atomic E-state index is 12.9. The molecule has 1 unspecified atom stereocenters. The predicted molar refractivity (Wildman–Crippen MR) is 352 cm³/mol. The smallest absolute Gasteiger partial charge is 0.306 e. The third kappa shape index (κ3) is 65.7. The lowest BCUT2D eigenvalue weighted by atomic mass is 10.1. The molecule has 0 aromatic rings. The van der Waals surface area contributed by atoms with E-state index >= 15 is 0 Å². The summed E-state index contributed by atoms with van der Waals surface area (Å²) in [5.74, 6) is -0.929. The van der Waals surface area contributed by atoms with E-state index in [0.717, 1.165) is 167 Å². The van der Waals surface area contributed by atoms with Crippen molar-refractivity contribution >= 4 is 17.9 Å². The molecule has 6 heteroatoms. The third-order valence-electron chi connectivity index (χ3n) is 13.5. The van der Waals surface area contributed by atoms with E-state index in [0.29, 0.717) is 19.3 Å². The van der Waals surface area contributed by atoms with Crippen molar-refractivity contribution < 1.29 is 28.6 Å². The summed E-state index contributed by atoms with van der Waals surface area (Å²) in [5, 5.41) is 0. The highest BCUT2D eigenvalue weighted by molar-refractivity contribution is 5.71. The second-order valence-electron chi connectivity index (χ2n) is 21.2. The van der Waals surface area contributed by atoms with Crippen molar-refractivity contribution in [2.75, 3.05) is 13.2 Å². The maximum absolute atomic E-state index is 12.9. The summed E-state index contributed by atoms with van der Waals surface area (Å²) in [7, 11) is 0. The zero-order valence-electron chi connectivity index (χ0n) is 52.2. The number of carbonyl (C=O) groups is 3. The molecule has 0 amide bonds. The molecule has 0 spiro atoms. The Bertz CT molecular complexity index is 1810. The second-order valence-corrected chi connectivity index (χ2v) is 21.2. The van der Waals surface area contributed by atoms with Crippen LogP contribution in [0.25, 0.3) is 0 Å². The van der Waals surface area contributed by atoms with Gasteiger partial charge in [0.1, 0.15) is 13.2 Å². The minimum Gasteiger partial charge on any atom is -0.462 e. The van der Waals surface area contributed by atoms with Crippen molar-refractivity contribution in [3.63, 3.8) is 0 Å². The molecule has 456 valence electrons. The van der Waals surface area contributed by atoms with E-state index in [2.05, 4.69) is 179 Å². The van der Waals surface area contributed by atoms with E-state index in [1.807, 2.05) is 0 Å². The lowest BCUT2D eigenvalue weighted by Gasteiger charge is -2.18. The van der Waals surface area contributed by atoms with Crippen molar-refractivity contribution in [2.24, 2.45) is 0 Å². The highest BCUT2D eigenvalue weighted by Gasteiger charge is 2.19. The molecule has 81 heavy (non-hydrogen) atoms. The molecule has 0 aliphatic rings. The topological polar surface area (TPSA) is 78.9 Å². The molecule has 0 aliphatic carbocycles. The van der Waals surface area contributed by atoms with Gasteiger partial charge >= 0.3 is 17.9 Å². The molecule has 0 aliphatic heterocycles. The van der Waals surface area contributed by atoms with Crippen LogP contribution in [-0.2, 0) is 28.6 Å². The fourth-order valence-corrected chi connectivity index (χ4v) is 8.69. The van der Waals surface area contributed by atoms with Gasteiger partial charge in [-0.05, 0) is 141 Å². The van der Waals surface area contributed by atoms with Crippen LogP contribution in [0.5, 0.6) is 0 Å². The van der Waals surface area contributed by atoms with Crippen molar-refractivity contribution in [1.29, 1.82) is 0 Å². The van der Waals surface area contributed by atoms with Gasteiger partial charge in [0.15, 0.2) is 6.10 Å². The number of hydrogen-bond donors (Lipinski definition) is 0. The van der Waals surface area contributed by atoms with Crippen LogP contribution in [0.1, 0.15) is 278 Å². The highest BCUT2D eigenvalue weighted by atomic mass is 16.6. The molecule has 0 aromatic heterocycles. The van der Waals surface area contributed by atoms with E-state index in [1.165, 1.54) is 70.6 Å². The monoisotopic (exact) mass is 1120 g/mol. The molecule has 0 heterocycles. The number of ether oxygens (including phenoxy) is 3. The first-order valence-corrected chi connectivity index (χ1v) is 33.0. The molecular weight excluding hydrogens is 997 g/mol. The first kappa shape index (κ1) is 76.0. The summed E-state index contributed by atoms with van der Waals surface area (Å²) in [6, 6.07) is 0. The molecule has 0 fully saturated rings. The van der Waals surface area contributed by atoms with Gasteiger partial charge in [0, 0.05) is 19.3 Å². The maximum Gasteiger partial charge on any atom is 0.306 e. The lowest BCUT2D eigenvalue weighted by molar-refractivity contribution is -0.167. The van der Waals surface area contributed by atoms with Gasteiger partial charge in [-0.1, -0.05) is 275 Å². The van der Waals surface area contributed by atoms with Crippen LogP contribution in [0.15, 0.2) is 158 Å². The van der Waals surface area contributed by atoms with Crippen LogP contribution in [0.3, 0.4) is 0 Å². The SMILES string of the molecule is CC/C=C\C/C=C\C/C=C\C/C=C\C/C=C\C/C=C\CCCCCCCCC(=O)OCC(COC(=O)CCCCCCCCC/C=C\C/C=C\C/C=C\CC)OC(=O)CCCCCCCCCC/C=C\C/C=C\C/C=C\C/C=C\CC. The van der Waals surface area contributed by atoms with Crippen molar-refractivity contribution in [2.45, 2.75) is 284 Å². The zero-order chi connectivity index (χ0) is 58.5. The molecule has 0 rings (SSSR count). The zero-order valence-corrected chi connectivity index (χ0v) is 52.2. The standard InChI is InChI=1S/C75H120O6/c1-4-7-10-13-16-19-22-25-28-31-33-35-36-37-38-40-41-44-47-50-53-56-59-62-65-68-74(77)80-71-72(70-79-73(76)67-64-61-58-55-52-49-46-43-30-27-24-21-18-15-12-9-6-3)81-75(78)69-66-63-60-57-54-51-48-45-42-39-34-32-29-26-23-20-17-14-11-8-5-2/h7-12,16-21,25-30,33-35,37-39,41,44,72H,4-6,13-15,22-24,31-32,36,40,42-43,45-71H2,1-3H3/b10-7-,11-8-,12-9-,19-16-,20-17-,21-18-,28-25-,29-26-,30-27-,35-33-,38-37-,39-34-,44-41-. The van der Waals surface area contributed by atoms with Gasteiger partial charge in [0.2, 0.25) is 0 Å². The fraction of sp³-hybridized carbons (Fsp3) is 0.613. The van der Waals surface area contributed by atoms with Crippen LogP contribution in [0, 0.1) is 0 Å². The van der Waals surface area contributed by atoms with Crippen molar-refractivity contribution in [1.82, 2.24) is 0 Å². The average molecular weight is 1120 g/mol. The van der Waals surface area contributed by atoms with Crippen LogP contribution in [0.2, 0.25) is 0 Å². The number of allylic oxidation sites excluding steroid dienone is 26. The van der Waals surface area contributed by atoms with Crippen LogP contribution in [-0.4, -0.2) is 37.2 Å². The van der Waals surface area contributed by atoms with Gasteiger partial charge in [0.05, 0.1) is 0 Å². The van der Waals surface area contributed by atoms with E-state index < -0.39 is 6.10 Å². The quantitative estimate of drug-likeness (QED) is 0.0261. The molecule has 0 saturated heterocycles. The Balaban J connectivity index is 4.46. The first-order valence-electron chi connectivity index (χ1n) is 33.0. The van der Waals surface area contributed by atoms with Gasteiger partial charge in [-0.25, -0.2) is 0 Å². The molecule has 1 atom stereocenters. The number of esters is 3. The molecule has 0 N–H and O–H groups in total. The molecule has 6 nitrogen and oxygen atoms in total. The van der Waals surface area contributed by atoms with E-state index in [-0.39, 0.29) is 31.1 Å². The minimum absolute atomic E-state index is 0.0975. The summed E-state index contributed by atoms with van der Waals surface area (Å²) in [6.07, 6.45) is 98.1. The third-order valence-corrected chi connectivity index (χ3v) is 13.5. The van der Waals surface area contributed by atoms with Crippen LogP contribution >= 0.6 is 0 Å². The minimum atomic E-state index is -0.803. The van der Waals surface area contributed by atoms with Gasteiger partial charge < -0.3 is 14.2 Å². The van der Waals surface area contributed by atoms with E-state index in [1.54, 1.807) is 0 Å². The molecular formula is C75H120O6. The Labute approximate surface area is 499 Å². The summed E-state index contributed by atoms with van der Waals surface area (Å²) < 4.78 is 16.9. The van der Waals surface area contributed by atoms with Gasteiger partial charge in [-0.2, -0.15) is 0 Å². The Kier molecular flexibility index (Phi) is 63.4. The number of carbonyl (C=O) groups excluding carboxylic acids is 3. The van der Waals surface area contributed by atoms with Crippen molar-refractivity contribution in [3.8, 4) is 0 Å². The Morgan fingerprint density at radius 2 is 0.444 bits per heavy atom. The summed E-state index contributed by atoms with van der Waals surface area (Å²) in [6.45, 7) is 6.28. The van der Waals surface area contributed by atoms with Crippen LogP contribution < -0.4 is 0 Å². The summed E-state index contributed by atoms with van der Waals surface area (Å²) in [4.78, 5) is 38.4. The number of hydrogen-bond acceptors (Lipinski definition) is 6. The molecule has 0 aromatic carbocycles. The Morgan fingerprint density at radius 1 is 0.247 bits per heavy atom. The Morgan fingerprint density at radius 3 is 0.691 bits per heavy atom. The number of rotatable bonds is 58. The lowest BCUT2D eigenvalue weighted by Crippen LogP contribution is -2.30. The summed E-state index contributed by atoms with van der Waals surface area (Å²) in [5.41, 5.74) is 0. The van der Waals surface area contributed by atoms with E-state index in [9.17, 15) is 14.4 Å². The first-order chi connectivity index (χ1) is 40.0. The molecule has 0 saturated carbocycles. The van der Waals surface area contributed by atoms with E-state index in [4.69, 9.17) is 14.2 Å². The van der Waals surface area contributed by atoms with Gasteiger partial charge in [0.25, 0.3) is 0 Å². The highest BCUT2D eigenvalue weighted by Crippen LogP contribution is 2.15. The van der Waals surface area contributed by atoms with Crippen molar-refractivity contribution in [3.05, 3.63) is 158 Å². The van der Waals surface area contributed by atoms with Gasteiger partial charge in [-0.3, -0.25) is 14.4 Å². The Hall–Kier alpha value is -4.97. The summed E-state index contributed by atoms with van der Waals surface area (Å²) >= 11 is 0. The second kappa shape index (κ2) is 67.5. The largest absolute Gasteiger partial charge is 0.462 e.